The van der Waals surface area contributed by atoms with Crippen molar-refractivity contribution in [2.75, 3.05) is 20.2 Å². The molecule has 3 N–H and O–H groups in total. The van der Waals surface area contributed by atoms with E-state index in [0.717, 1.165) is 35.4 Å². The Morgan fingerprint density at radius 2 is 1.96 bits per heavy atom. The van der Waals surface area contributed by atoms with Crippen molar-refractivity contribution in [2.24, 2.45) is 5.92 Å². The van der Waals surface area contributed by atoms with Crippen LogP contribution < -0.4 is 24.8 Å². The number of carbonyl (C=O) groups excluding carboxylic acids is 3. The van der Waals surface area contributed by atoms with Gasteiger partial charge in [-0.3, -0.25) is 14.3 Å². The Bertz CT molecular complexity index is 2010. The van der Waals surface area contributed by atoms with E-state index in [-0.39, 0.29) is 31.2 Å². The molecule has 4 aliphatic rings. The summed E-state index contributed by atoms with van der Waals surface area (Å²) in [6.07, 6.45) is 6.89. The molecule has 15 heteroatoms. The van der Waals surface area contributed by atoms with Gasteiger partial charge < -0.3 is 25.0 Å². The maximum absolute atomic E-state index is 14.1. The molecule has 51 heavy (non-hydrogen) atoms. The number of amides is 4. The molecular weight excluding hydrogens is 693 g/mol. The monoisotopic (exact) mass is 736 g/mol. The number of aromatic nitrogens is 2. The van der Waals surface area contributed by atoms with Gasteiger partial charge in [0.25, 0.3) is 5.91 Å². The van der Waals surface area contributed by atoms with Crippen LogP contribution in [0.2, 0.25) is 0 Å². The number of carbonyl (C=O) groups is 3. The van der Waals surface area contributed by atoms with Gasteiger partial charge in [0.2, 0.25) is 15.9 Å². The second-order valence-corrected chi connectivity index (χ2v) is 17.6. The molecule has 272 valence electrons. The van der Waals surface area contributed by atoms with Gasteiger partial charge >= 0.3 is 6.03 Å². The molecule has 3 fully saturated rings. The highest BCUT2D eigenvalue weighted by Crippen LogP contribution is 2.47. The smallest absolute Gasteiger partial charge is 0.318 e. The van der Waals surface area contributed by atoms with Crippen molar-refractivity contribution >= 4 is 50.1 Å². The SMILES string of the molecule is COc1ccc2c(OC3CC4C(=O)NC5(C(=O)NS(=O)(=O)C6(C)CC6)CC5C=CCCCCNC(=O)N4C3)cc(-c3nc(C(C)C)cs3)nc2c1. The Morgan fingerprint density at radius 3 is 2.69 bits per heavy atom. The Labute approximate surface area is 301 Å². The minimum absolute atomic E-state index is 0.114. The number of urea groups is 1. The van der Waals surface area contributed by atoms with Gasteiger partial charge in [0.05, 0.1) is 29.6 Å². The predicted octanol–water partition coefficient (Wildman–Crippen LogP) is 4.64. The van der Waals surface area contributed by atoms with Crippen molar-refractivity contribution in [3.05, 3.63) is 47.5 Å². The number of nitrogens with zero attached hydrogens (tertiary/aromatic N) is 3. The van der Waals surface area contributed by atoms with Crippen LogP contribution in [0.5, 0.6) is 11.5 Å². The normalized spacial score (nSPS) is 26.1. The summed E-state index contributed by atoms with van der Waals surface area (Å²) in [6, 6.07) is 5.99. The van der Waals surface area contributed by atoms with Gasteiger partial charge in [-0.15, -0.1) is 11.3 Å². The Kier molecular flexibility index (Phi) is 9.23. The van der Waals surface area contributed by atoms with E-state index in [0.29, 0.717) is 42.1 Å². The summed E-state index contributed by atoms with van der Waals surface area (Å²) in [6.45, 7) is 6.33. The Morgan fingerprint density at radius 1 is 1.16 bits per heavy atom. The van der Waals surface area contributed by atoms with Crippen LogP contribution in [0.3, 0.4) is 0 Å². The fourth-order valence-electron chi connectivity index (χ4n) is 6.73. The number of benzene rings is 1. The summed E-state index contributed by atoms with van der Waals surface area (Å²) in [7, 11) is -2.34. The first-order valence-electron chi connectivity index (χ1n) is 17.5. The first kappa shape index (κ1) is 35.2. The average molecular weight is 737 g/mol. The molecule has 4 unspecified atom stereocenters. The minimum atomic E-state index is -3.93. The van der Waals surface area contributed by atoms with Crippen LogP contribution in [0.25, 0.3) is 21.6 Å². The topological polar surface area (TPSA) is 169 Å². The fraction of sp³-hybridized carbons (Fsp3) is 0.528. The number of fused-ring (bicyclic) bond motifs is 3. The van der Waals surface area contributed by atoms with Crippen LogP contribution >= 0.6 is 11.3 Å². The fourth-order valence-corrected chi connectivity index (χ4v) is 8.98. The summed E-state index contributed by atoms with van der Waals surface area (Å²) in [5.41, 5.74) is 0.803. The molecule has 2 aliphatic carbocycles. The molecular formula is C36H44N6O7S2. The zero-order valence-electron chi connectivity index (χ0n) is 29.2. The number of hydrogen-bond donors (Lipinski definition) is 3. The van der Waals surface area contributed by atoms with Gasteiger partial charge in [0.15, 0.2) is 0 Å². The summed E-state index contributed by atoms with van der Waals surface area (Å²) in [4.78, 5) is 52.5. The van der Waals surface area contributed by atoms with E-state index in [2.05, 4.69) is 29.2 Å². The maximum Gasteiger partial charge on any atom is 0.318 e. The molecule has 1 aromatic carbocycles. The van der Waals surface area contributed by atoms with E-state index in [1.165, 1.54) is 16.2 Å². The van der Waals surface area contributed by atoms with Crippen molar-refractivity contribution in [3.8, 4) is 22.2 Å². The third-order valence-electron chi connectivity index (χ3n) is 10.5. The molecule has 4 atom stereocenters. The summed E-state index contributed by atoms with van der Waals surface area (Å²) >= 11 is 1.50. The number of allylic oxidation sites excluding steroid dienone is 1. The summed E-state index contributed by atoms with van der Waals surface area (Å²) in [5, 5.41) is 9.34. The zero-order valence-corrected chi connectivity index (χ0v) is 30.9. The van der Waals surface area contributed by atoms with Gasteiger partial charge in [-0.2, -0.15) is 0 Å². The van der Waals surface area contributed by atoms with E-state index in [4.69, 9.17) is 19.4 Å². The number of thiazole rings is 1. The molecule has 2 saturated carbocycles. The number of sulfonamides is 1. The van der Waals surface area contributed by atoms with E-state index in [9.17, 15) is 22.8 Å². The standard InChI is InChI=1S/C36H44N6O7S2/c1-21(2)28-20-50-32(39-28)27-17-30(25-11-10-23(48-4)15-26(25)38-27)49-24-16-29-31(43)40-36(33(44)41-51(46,47)35(3)12-13-35)18-22(36)9-7-5-6-8-14-37-34(45)42(29)19-24/h7,9-11,15,17,20-22,24,29H,5-6,8,12-14,16,18-19H2,1-4H3,(H,37,45)(H,40,43)(H,41,44). The van der Waals surface area contributed by atoms with Crippen LogP contribution in [0.15, 0.2) is 41.8 Å². The minimum Gasteiger partial charge on any atom is -0.497 e. The molecule has 0 spiro atoms. The highest BCUT2D eigenvalue weighted by Gasteiger charge is 2.63. The largest absolute Gasteiger partial charge is 0.497 e. The number of hydrogen-bond acceptors (Lipinski definition) is 10. The van der Waals surface area contributed by atoms with Crippen molar-refractivity contribution in [3.63, 3.8) is 0 Å². The van der Waals surface area contributed by atoms with Gasteiger partial charge in [0.1, 0.15) is 39.9 Å². The average Bonchev–Trinajstić information content (AvgIpc) is 3.86. The van der Waals surface area contributed by atoms with E-state index < -0.39 is 50.3 Å². The summed E-state index contributed by atoms with van der Waals surface area (Å²) < 4.78 is 39.5. The lowest BCUT2D eigenvalue weighted by Gasteiger charge is -2.27. The van der Waals surface area contributed by atoms with Crippen LogP contribution in [-0.2, 0) is 19.6 Å². The lowest BCUT2D eigenvalue weighted by Crippen LogP contribution is -2.57. The molecule has 13 nitrogen and oxygen atoms in total. The van der Waals surface area contributed by atoms with E-state index >= 15 is 0 Å². The van der Waals surface area contributed by atoms with Crippen molar-refractivity contribution in [2.45, 2.75) is 94.1 Å². The van der Waals surface area contributed by atoms with Crippen molar-refractivity contribution in [1.82, 2.24) is 30.2 Å². The zero-order chi connectivity index (χ0) is 36.1. The first-order chi connectivity index (χ1) is 24.3. The molecule has 4 amide bonds. The van der Waals surface area contributed by atoms with Crippen LogP contribution in [-0.4, -0.2) is 83.8 Å². The molecule has 0 bridgehead atoms. The molecule has 2 aliphatic heterocycles. The van der Waals surface area contributed by atoms with Gasteiger partial charge in [-0.25, -0.2) is 23.2 Å². The van der Waals surface area contributed by atoms with Crippen molar-refractivity contribution in [1.29, 1.82) is 0 Å². The van der Waals surface area contributed by atoms with Crippen molar-refractivity contribution < 1.29 is 32.3 Å². The molecule has 7 rings (SSSR count). The second kappa shape index (κ2) is 13.4. The third kappa shape index (κ3) is 6.89. The summed E-state index contributed by atoms with van der Waals surface area (Å²) in [5.74, 6) is -0.248. The second-order valence-electron chi connectivity index (χ2n) is 14.6. The van der Waals surface area contributed by atoms with Gasteiger partial charge in [-0.05, 0) is 63.5 Å². The lowest BCUT2D eigenvalue weighted by molar-refractivity contribution is -0.131. The van der Waals surface area contributed by atoms with Gasteiger partial charge in [0, 0.05) is 41.8 Å². The quantitative estimate of drug-likeness (QED) is 0.279. The molecule has 1 saturated heterocycles. The Hall–Kier alpha value is -4.24. The first-order valence-corrected chi connectivity index (χ1v) is 19.9. The molecule has 4 heterocycles. The number of rotatable bonds is 8. The molecule has 2 aromatic heterocycles. The number of ether oxygens (including phenoxy) is 2. The van der Waals surface area contributed by atoms with Crippen LogP contribution in [0.1, 0.15) is 77.3 Å². The number of methoxy groups -OCH3 is 1. The highest BCUT2D eigenvalue weighted by atomic mass is 32.2. The van der Waals surface area contributed by atoms with Crippen LogP contribution in [0.4, 0.5) is 4.79 Å². The van der Waals surface area contributed by atoms with E-state index in [1.807, 2.05) is 41.8 Å². The maximum atomic E-state index is 14.1. The van der Waals surface area contributed by atoms with Crippen LogP contribution in [0, 0.1) is 5.92 Å². The Balaban J connectivity index is 1.18. The predicted molar refractivity (Wildman–Crippen MR) is 193 cm³/mol. The lowest BCUT2D eigenvalue weighted by atomic mass is 10.1. The number of pyridine rings is 1. The molecule has 3 aromatic rings. The van der Waals surface area contributed by atoms with Gasteiger partial charge in [-0.1, -0.05) is 26.0 Å². The van der Waals surface area contributed by atoms with E-state index in [1.54, 1.807) is 14.0 Å². The molecule has 0 radical (unpaired) electrons. The highest BCUT2D eigenvalue weighted by molar-refractivity contribution is 7.91. The third-order valence-corrected chi connectivity index (χ3v) is 13.5. The number of nitrogens with one attached hydrogen (secondary N) is 3.